The maximum absolute atomic E-state index is 5.62. The average molecular weight is 335 g/mol. The van der Waals surface area contributed by atoms with Crippen LogP contribution in [0, 0.1) is 6.92 Å². The van der Waals surface area contributed by atoms with Crippen molar-refractivity contribution in [3.63, 3.8) is 0 Å². The van der Waals surface area contributed by atoms with Gasteiger partial charge >= 0.3 is 0 Å². The van der Waals surface area contributed by atoms with E-state index >= 15 is 0 Å². The number of benzene rings is 1. The van der Waals surface area contributed by atoms with Crippen molar-refractivity contribution >= 4 is 28.1 Å². The maximum Gasteiger partial charge on any atom is 0.172 e. The van der Waals surface area contributed by atoms with Crippen LogP contribution < -0.4 is 5.32 Å². The van der Waals surface area contributed by atoms with E-state index < -0.39 is 0 Å². The summed E-state index contributed by atoms with van der Waals surface area (Å²) in [5, 5.41) is 6.52. The Kier molecular flexibility index (Phi) is 4.01. The Morgan fingerprint density at radius 1 is 1.04 bits per heavy atom. The molecule has 0 radical (unpaired) electrons. The largest absolute Gasteiger partial charge is 0.466 e. The Labute approximate surface area is 144 Å². The molecule has 4 rings (SSSR count). The average Bonchev–Trinajstić information content (AvgIpc) is 3.26. The summed E-state index contributed by atoms with van der Waals surface area (Å²) in [7, 11) is 0. The van der Waals surface area contributed by atoms with E-state index in [2.05, 4.69) is 10.3 Å². The number of hydrogen-bond acceptors (Lipinski definition) is 5. The van der Waals surface area contributed by atoms with Gasteiger partial charge in [-0.25, -0.2) is 9.97 Å². The van der Waals surface area contributed by atoms with Gasteiger partial charge in [0.1, 0.15) is 17.3 Å². The molecule has 0 unspecified atom stereocenters. The first-order valence-electron chi connectivity index (χ1n) is 7.89. The first-order valence-corrected chi connectivity index (χ1v) is 8.77. The smallest absolute Gasteiger partial charge is 0.172 e. The predicted molar refractivity (Wildman–Crippen MR) is 98.5 cm³/mol. The molecule has 0 saturated heterocycles. The van der Waals surface area contributed by atoms with Crippen molar-refractivity contribution in [2.24, 2.45) is 0 Å². The molecule has 0 atom stereocenters. The molecule has 0 amide bonds. The standard InChI is InChI=1S/C19H17N3OS/c1-13-8-9-14(23-13)10-11-20-18-15-5-2-3-6-16(15)21-19(22-18)17-7-4-12-24-17/h2-9,12H,10-11H2,1H3,(H,20,21,22). The van der Waals surface area contributed by atoms with Gasteiger partial charge in [0, 0.05) is 18.4 Å². The van der Waals surface area contributed by atoms with E-state index in [1.807, 2.05) is 60.8 Å². The van der Waals surface area contributed by atoms with Crippen LogP contribution >= 0.6 is 11.3 Å². The molecule has 3 aromatic heterocycles. The van der Waals surface area contributed by atoms with Crippen molar-refractivity contribution in [2.45, 2.75) is 13.3 Å². The van der Waals surface area contributed by atoms with Crippen molar-refractivity contribution < 1.29 is 4.42 Å². The molecule has 0 fully saturated rings. The van der Waals surface area contributed by atoms with Gasteiger partial charge in [0.25, 0.3) is 0 Å². The number of furan rings is 1. The lowest BCUT2D eigenvalue weighted by molar-refractivity contribution is 0.486. The molecule has 4 nitrogen and oxygen atoms in total. The Morgan fingerprint density at radius 3 is 2.75 bits per heavy atom. The lowest BCUT2D eigenvalue weighted by Gasteiger charge is -2.10. The second-order valence-electron chi connectivity index (χ2n) is 5.58. The topological polar surface area (TPSA) is 51.0 Å². The Morgan fingerprint density at radius 2 is 1.96 bits per heavy atom. The van der Waals surface area contributed by atoms with E-state index in [1.165, 1.54) is 0 Å². The number of aryl methyl sites for hydroxylation is 1. The predicted octanol–water partition coefficient (Wildman–Crippen LogP) is 4.91. The first kappa shape index (κ1) is 14.9. The minimum absolute atomic E-state index is 0.762. The Balaban J connectivity index is 1.63. The summed E-state index contributed by atoms with van der Waals surface area (Å²) in [6, 6.07) is 16.2. The number of para-hydroxylation sites is 1. The Hall–Kier alpha value is -2.66. The van der Waals surface area contributed by atoms with Gasteiger partial charge in [0.15, 0.2) is 5.82 Å². The molecular weight excluding hydrogens is 318 g/mol. The van der Waals surface area contributed by atoms with Gasteiger partial charge in [0.05, 0.1) is 10.4 Å². The third-order valence-electron chi connectivity index (χ3n) is 3.80. The number of rotatable bonds is 5. The normalized spacial score (nSPS) is 11.0. The summed E-state index contributed by atoms with van der Waals surface area (Å²) in [5.74, 6) is 3.56. The summed E-state index contributed by atoms with van der Waals surface area (Å²) < 4.78 is 5.62. The number of aromatic nitrogens is 2. The molecule has 5 heteroatoms. The van der Waals surface area contributed by atoms with Crippen molar-refractivity contribution in [1.29, 1.82) is 0 Å². The van der Waals surface area contributed by atoms with Crippen LogP contribution in [0.4, 0.5) is 5.82 Å². The van der Waals surface area contributed by atoms with Gasteiger partial charge in [-0.2, -0.15) is 0 Å². The van der Waals surface area contributed by atoms with Gasteiger partial charge in [-0.15, -0.1) is 11.3 Å². The van der Waals surface area contributed by atoms with Crippen LogP contribution in [0.3, 0.4) is 0 Å². The SMILES string of the molecule is Cc1ccc(CCNc2nc(-c3cccs3)nc3ccccc23)o1. The summed E-state index contributed by atoms with van der Waals surface area (Å²) in [5.41, 5.74) is 0.951. The van der Waals surface area contributed by atoms with Gasteiger partial charge in [-0.3, -0.25) is 0 Å². The summed E-state index contributed by atoms with van der Waals surface area (Å²) in [6.07, 6.45) is 0.820. The highest BCUT2D eigenvalue weighted by molar-refractivity contribution is 7.13. The molecule has 0 aliphatic heterocycles. The van der Waals surface area contributed by atoms with E-state index in [0.717, 1.165) is 51.9 Å². The van der Waals surface area contributed by atoms with Crippen LogP contribution in [0.15, 0.2) is 58.3 Å². The van der Waals surface area contributed by atoms with Crippen LogP contribution in [-0.4, -0.2) is 16.5 Å². The van der Waals surface area contributed by atoms with Crippen molar-refractivity contribution in [3.8, 4) is 10.7 Å². The quantitative estimate of drug-likeness (QED) is 0.563. The van der Waals surface area contributed by atoms with E-state index in [0.29, 0.717) is 0 Å². The fourth-order valence-electron chi connectivity index (χ4n) is 2.65. The molecule has 1 N–H and O–H groups in total. The molecule has 0 aliphatic carbocycles. The van der Waals surface area contributed by atoms with Crippen LogP contribution in [0.2, 0.25) is 0 Å². The second-order valence-corrected chi connectivity index (χ2v) is 6.53. The van der Waals surface area contributed by atoms with E-state index in [9.17, 15) is 0 Å². The van der Waals surface area contributed by atoms with Gasteiger partial charge < -0.3 is 9.73 Å². The molecule has 0 bridgehead atoms. The Bertz CT molecular complexity index is 960. The van der Waals surface area contributed by atoms with Crippen LogP contribution in [0.25, 0.3) is 21.6 Å². The fraction of sp³-hybridized carbons (Fsp3) is 0.158. The first-order chi connectivity index (χ1) is 11.8. The van der Waals surface area contributed by atoms with Crippen molar-refractivity contribution in [1.82, 2.24) is 9.97 Å². The number of hydrogen-bond donors (Lipinski definition) is 1. The number of nitrogens with one attached hydrogen (secondary N) is 1. The van der Waals surface area contributed by atoms with Crippen LogP contribution in [-0.2, 0) is 6.42 Å². The zero-order valence-electron chi connectivity index (χ0n) is 13.3. The number of nitrogens with zero attached hydrogens (tertiary/aromatic N) is 2. The summed E-state index contributed by atoms with van der Waals surface area (Å²) >= 11 is 1.65. The molecule has 3 heterocycles. The molecule has 1 aromatic carbocycles. The highest BCUT2D eigenvalue weighted by atomic mass is 32.1. The summed E-state index contributed by atoms with van der Waals surface area (Å²) in [6.45, 7) is 2.72. The van der Waals surface area contributed by atoms with E-state index in [1.54, 1.807) is 11.3 Å². The highest BCUT2D eigenvalue weighted by Gasteiger charge is 2.10. The number of thiophene rings is 1. The second kappa shape index (κ2) is 6.45. The molecule has 24 heavy (non-hydrogen) atoms. The molecule has 0 spiro atoms. The third kappa shape index (κ3) is 3.03. The number of fused-ring (bicyclic) bond motifs is 1. The molecule has 120 valence electrons. The monoisotopic (exact) mass is 335 g/mol. The third-order valence-corrected chi connectivity index (χ3v) is 4.67. The van der Waals surface area contributed by atoms with Crippen molar-refractivity contribution in [2.75, 3.05) is 11.9 Å². The molecule has 0 aliphatic rings. The summed E-state index contributed by atoms with van der Waals surface area (Å²) in [4.78, 5) is 10.5. The van der Waals surface area contributed by atoms with Crippen molar-refractivity contribution in [3.05, 3.63) is 65.4 Å². The maximum atomic E-state index is 5.62. The lowest BCUT2D eigenvalue weighted by Crippen LogP contribution is -2.07. The van der Waals surface area contributed by atoms with Gasteiger partial charge in [0.2, 0.25) is 0 Å². The van der Waals surface area contributed by atoms with Gasteiger partial charge in [-0.1, -0.05) is 18.2 Å². The number of anilines is 1. The lowest BCUT2D eigenvalue weighted by atomic mass is 10.2. The highest BCUT2D eigenvalue weighted by Crippen LogP contribution is 2.27. The molecule has 0 saturated carbocycles. The van der Waals surface area contributed by atoms with E-state index in [4.69, 9.17) is 9.40 Å². The fourth-order valence-corrected chi connectivity index (χ4v) is 3.31. The van der Waals surface area contributed by atoms with E-state index in [-0.39, 0.29) is 0 Å². The minimum Gasteiger partial charge on any atom is -0.466 e. The van der Waals surface area contributed by atoms with Crippen LogP contribution in [0.1, 0.15) is 11.5 Å². The zero-order chi connectivity index (χ0) is 16.4. The van der Waals surface area contributed by atoms with Gasteiger partial charge in [-0.05, 0) is 42.6 Å². The molecule has 4 aromatic rings. The minimum atomic E-state index is 0.762. The van der Waals surface area contributed by atoms with Crippen LogP contribution in [0.5, 0.6) is 0 Å². The molecular formula is C19H17N3OS. The zero-order valence-corrected chi connectivity index (χ0v) is 14.1.